The largest absolute Gasteiger partial charge is 0.494 e. The van der Waals surface area contributed by atoms with E-state index in [1.807, 2.05) is 31.2 Å². The molecule has 0 fully saturated rings. The summed E-state index contributed by atoms with van der Waals surface area (Å²) in [6.45, 7) is 2.56. The molecule has 2 rings (SSSR count). The highest BCUT2D eigenvalue weighted by molar-refractivity contribution is 7.71. The maximum Gasteiger partial charge on any atom is 0.225 e. The lowest BCUT2D eigenvalue weighted by atomic mass is 10.3. The number of nitrogens with two attached hydrogens (primary N) is 1. The van der Waals surface area contributed by atoms with Crippen molar-refractivity contribution in [3.63, 3.8) is 0 Å². The van der Waals surface area contributed by atoms with E-state index in [1.165, 1.54) is 0 Å². The Morgan fingerprint density at radius 2 is 2.38 bits per heavy atom. The molecular formula is C10H12N4OS. The molecule has 0 bridgehead atoms. The van der Waals surface area contributed by atoms with Crippen LogP contribution >= 0.6 is 12.2 Å². The van der Waals surface area contributed by atoms with E-state index in [0.29, 0.717) is 17.3 Å². The fraction of sp³-hybridized carbons (Fsp3) is 0.200. The van der Waals surface area contributed by atoms with Gasteiger partial charge in [0.25, 0.3) is 0 Å². The number of hydrogen-bond acceptors (Lipinski definition) is 4. The van der Waals surface area contributed by atoms with Gasteiger partial charge in [0.1, 0.15) is 5.75 Å². The van der Waals surface area contributed by atoms with Crippen molar-refractivity contribution in [2.24, 2.45) is 0 Å². The number of nitrogens with zero attached hydrogens (tertiary/aromatic N) is 2. The van der Waals surface area contributed by atoms with E-state index in [1.54, 1.807) is 4.57 Å². The van der Waals surface area contributed by atoms with Gasteiger partial charge in [-0.1, -0.05) is 6.07 Å². The lowest BCUT2D eigenvalue weighted by Crippen LogP contribution is -2.01. The number of ether oxygens (including phenoxy) is 1. The summed E-state index contributed by atoms with van der Waals surface area (Å²) in [5, 5.41) is 6.49. The van der Waals surface area contributed by atoms with Gasteiger partial charge in [-0.05, 0) is 31.3 Å². The van der Waals surface area contributed by atoms with Crippen LogP contribution in [0.15, 0.2) is 24.3 Å². The highest BCUT2D eigenvalue weighted by Crippen LogP contribution is 2.18. The molecule has 0 amide bonds. The molecular weight excluding hydrogens is 224 g/mol. The fourth-order valence-electron chi connectivity index (χ4n) is 1.44. The molecule has 1 heterocycles. The molecule has 3 N–H and O–H groups in total. The molecule has 84 valence electrons. The van der Waals surface area contributed by atoms with Gasteiger partial charge in [-0.3, -0.25) is 4.57 Å². The van der Waals surface area contributed by atoms with E-state index in [9.17, 15) is 0 Å². The smallest absolute Gasteiger partial charge is 0.225 e. The first kappa shape index (κ1) is 10.7. The Labute approximate surface area is 97.9 Å². The Bertz CT molecular complexity index is 546. The monoisotopic (exact) mass is 236 g/mol. The zero-order valence-corrected chi connectivity index (χ0v) is 9.62. The predicted molar refractivity (Wildman–Crippen MR) is 64.3 cm³/mol. The molecule has 0 atom stereocenters. The van der Waals surface area contributed by atoms with E-state index in [-0.39, 0.29) is 0 Å². The van der Waals surface area contributed by atoms with Crippen molar-refractivity contribution in [3.05, 3.63) is 29.0 Å². The number of rotatable bonds is 3. The summed E-state index contributed by atoms with van der Waals surface area (Å²) < 4.78 is 7.52. The fourth-order valence-corrected chi connectivity index (χ4v) is 1.68. The summed E-state index contributed by atoms with van der Waals surface area (Å²) in [6, 6.07) is 7.52. The quantitative estimate of drug-likeness (QED) is 0.799. The van der Waals surface area contributed by atoms with Gasteiger partial charge in [-0.2, -0.15) is 0 Å². The van der Waals surface area contributed by atoms with Crippen LogP contribution in [0.3, 0.4) is 0 Å². The van der Waals surface area contributed by atoms with E-state index < -0.39 is 0 Å². The molecule has 0 saturated carbocycles. The second-order valence-electron chi connectivity index (χ2n) is 3.15. The molecule has 0 aliphatic rings. The van der Waals surface area contributed by atoms with Gasteiger partial charge in [0, 0.05) is 6.07 Å². The van der Waals surface area contributed by atoms with Gasteiger partial charge in [0.2, 0.25) is 10.7 Å². The van der Waals surface area contributed by atoms with Crippen LogP contribution in [0, 0.1) is 4.77 Å². The minimum absolute atomic E-state index is 0.332. The minimum Gasteiger partial charge on any atom is -0.494 e. The van der Waals surface area contributed by atoms with Crippen LogP contribution in [0.5, 0.6) is 5.75 Å². The van der Waals surface area contributed by atoms with Crippen molar-refractivity contribution in [2.75, 3.05) is 12.3 Å². The SMILES string of the molecule is CCOc1cccc(-n2c(N)n[nH]c2=S)c1. The van der Waals surface area contributed by atoms with Crippen LogP contribution in [0.4, 0.5) is 5.95 Å². The van der Waals surface area contributed by atoms with Crippen LogP contribution < -0.4 is 10.5 Å². The lowest BCUT2D eigenvalue weighted by molar-refractivity contribution is 0.340. The Morgan fingerprint density at radius 3 is 3.00 bits per heavy atom. The Kier molecular flexibility index (Phi) is 2.91. The number of hydrogen-bond donors (Lipinski definition) is 2. The molecule has 0 aliphatic carbocycles. The summed E-state index contributed by atoms with van der Waals surface area (Å²) in [5.74, 6) is 1.11. The summed E-state index contributed by atoms with van der Waals surface area (Å²) in [5.41, 5.74) is 6.55. The Hall–Kier alpha value is -1.82. The van der Waals surface area contributed by atoms with Crippen molar-refractivity contribution in [3.8, 4) is 11.4 Å². The van der Waals surface area contributed by atoms with Gasteiger partial charge in [0.05, 0.1) is 12.3 Å². The van der Waals surface area contributed by atoms with Crippen molar-refractivity contribution >= 4 is 18.2 Å². The zero-order valence-electron chi connectivity index (χ0n) is 8.80. The molecule has 1 aromatic heterocycles. The second-order valence-corrected chi connectivity index (χ2v) is 3.54. The predicted octanol–water partition coefficient (Wildman–Crippen LogP) is 1.91. The third-order valence-corrected chi connectivity index (χ3v) is 2.36. The highest BCUT2D eigenvalue weighted by Gasteiger charge is 2.05. The number of benzene rings is 1. The van der Waals surface area contributed by atoms with Gasteiger partial charge in [-0.25, -0.2) is 5.10 Å². The molecule has 0 spiro atoms. The summed E-state index contributed by atoms with van der Waals surface area (Å²) in [4.78, 5) is 0. The summed E-state index contributed by atoms with van der Waals surface area (Å²) in [6.07, 6.45) is 0. The first-order chi connectivity index (χ1) is 7.72. The summed E-state index contributed by atoms with van der Waals surface area (Å²) in [7, 11) is 0. The van der Waals surface area contributed by atoms with E-state index in [0.717, 1.165) is 11.4 Å². The number of nitrogens with one attached hydrogen (secondary N) is 1. The molecule has 16 heavy (non-hydrogen) atoms. The highest BCUT2D eigenvalue weighted by atomic mass is 32.1. The summed E-state index contributed by atoms with van der Waals surface area (Å²) >= 11 is 5.09. The number of aromatic amines is 1. The normalized spacial score (nSPS) is 10.3. The zero-order chi connectivity index (χ0) is 11.5. The van der Waals surface area contributed by atoms with E-state index in [2.05, 4.69) is 10.2 Å². The van der Waals surface area contributed by atoms with E-state index in [4.69, 9.17) is 22.7 Å². The van der Waals surface area contributed by atoms with Crippen molar-refractivity contribution in [1.82, 2.24) is 14.8 Å². The standard InChI is InChI=1S/C10H12N4OS/c1-2-15-8-5-3-4-7(6-8)14-9(11)12-13-10(14)16/h3-6H,2H2,1H3,(H2,11,12)(H,13,16). The van der Waals surface area contributed by atoms with Crippen LogP contribution in [0.25, 0.3) is 5.69 Å². The van der Waals surface area contributed by atoms with E-state index >= 15 is 0 Å². The number of anilines is 1. The second kappa shape index (κ2) is 4.36. The third kappa shape index (κ3) is 1.92. The molecule has 0 aliphatic heterocycles. The number of aromatic nitrogens is 3. The maximum atomic E-state index is 5.71. The van der Waals surface area contributed by atoms with Gasteiger partial charge in [0.15, 0.2) is 0 Å². The van der Waals surface area contributed by atoms with Crippen LogP contribution in [0.2, 0.25) is 0 Å². The molecule has 6 heteroatoms. The average Bonchev–Trinajstić information content (AvgIpc) is 2.59. The number of nitrogen functional groups attached to an aromatic ring is 1. The first-order valence-electron chi connectivity index (χ1n) is 4.88. The van der Waals surface area contributed by atoms with Gasteiger partial charge < -0.3 is 10.5 Å². The molecule has 0 saturated heterocycles. The minimum atomic E-state index is 0.332. The van der Waals surface area contributed by atoms with Crippen molar-refractivity contribution in [2.45, 2.75) is 6.92 Å². The van der Waals surface area contributed by atoms with Crippen LogP contribution in [0.1, 0.15) is 6.92 Å². The third-order valence-electron chi connectivity index (χ3n) is 2.09. The Balaban J connectivity index is 2.48. The molecule has 2 aromatic rings. The first-order valence-corrected chi connectivity index (χ1v) is 5.29. The lowest BCUT2D eigenvalue weighted by Gasteiger charge is -2.07. The van der Waals surface area contributed by atoms with Crippen LogP contribution in [-0.2, 0) is 0 Å². The molecule has 0 unspecified atom stereocenters. The van der Waals surface area contributed by atoms with Gasteiger partial charge >= 0.3 is 0 Å². The molecule has 5 nitrogen and oxygen atoms in total. The van der Waals surface area contributed by atoms with Gasteiger partial charge in [-0.15, -0.1) is 5.10 Å². The molecule has 0 radical (unpaired) electrons. The molecule has 1 aromatic carbocycles. The van der Waals surface area contributed by atoms with Crippen molar-refractivity contribution in [1.29, 1.82) is 0 Å². The topological polar surface area (TPSA) is 68.9 Å². The van der Waals surface area contributed by atoms with Crippen LogP contribution in [-0.4, -0.2) is 21.4 Å². The maximum absolute atomic E-state index is 5.71. The number of H-pyrrole nitrogens is 1. The Morgan fingerprint density at radius 1 is 1.56 bits per heavy atom. The van der Waals surface area contributed by atoms with Crippen molar-refractivity contribution < 1.29 is 4.74 Å². The average molecular weight is 236 g/mol.